The van der Waals surface area contributed by atoms with Gasteiger partial charge in [-0.2, -0.15) is 0 Å². The van der Waals surface area contributed by atoms with Crippen LogP contribution in [0.5, 0.6) is 5.75 Å². The van der Waals surface area contributed by atoms with Gasteiger partial charge in [0.1, 0.15) is 5.75 Å². The van der Waals surface area contributed by atoms with Crippen LogP contribution in [0, 0.1) is 0 Å². The third-order valence-corrected chi connectivity index (χ3v) is 3.05. The molecule has 0 atom stereocenters. The van der Waals surface area contributed by atoms with E-state index in [2.05, 4.69) is 5.32 Å². The van der Waals surface area contributed by atoms with Crippen molar-refractivity contribution in [1.82, 2.24) is 0 Å². The minimum atomic E-state index is -0.304. The summed E-state index contributed by atoms with van der Waals surface area (Å²) in [7, 11) is 1.49. The zero-order valence-corrected chi connectivity index (χ0v) is 12.1. The lowest BCUT2D eigenvalue weighted by atomic mass is 10.1. The quantitative estimate of drug-likeness (QED) is 0.847. The van der Waals surface area contributed by atoms with Gasteiger partial charge in [-0.15, -0.1) is 0 Å². The Balaban J connectivity index is 2.23. The Morgan fingerprint density at radius 2 is 1.80 bits per heavy atom. The van der Waals surface area contributed by atoms with Gasteiger partial charge in [0.05, 0.1) is 12.8 Å². The number of hydrogen-bond acceptors (Lipinski definition) is 3. The second kappa shape index (κ2) is 6.03. The molecule has 0 aliphatic carbocycles. The molecular formula is C14H12Cl2N2O2. The molecule has 2 aromatic carbocycles. The van der Waals surface area contributed by atoms with E-state index in [9.17, 15) is 4.79 Å². The Morgan fingerprint density at radius 3 is 2.40 bits per heavy atom. The van der Waals surface area contributed by atoms with Crippen molar-refractivity contribution < 1.29 is 9.53 Å². The number of amides is 1. The Bertz CT molecular complexity index is 639. The van der Waals surface area contributed by atoms with E-state index >= 15 is 0 Å². The molecule has 1 amide bonds. The monoisotopic (exact) mass is 310 g/mol. The fraction of sp³-hybridized carbons (Fsp3) is 0.0714. The van der Waals surface area contributed by atoms with Gasteiger partial charge in [-0.1, -0.05) is 23.2 Å². The molecule has 0 unspecified atom stereocenters. The van der Waals surface area contributed by atoms with Gasteiger partial charge in [0.15, 0.2) is 0 Å². The summed E-state index contributed by atoms with van der Waals surface area (Å²) in [4.78, 5) is 12.1. The van der Waals surface area contributed by atoms with E-state index < -0.39 is 0 Å². The lowest BCUT2D eigenvalue weighted by Crippen LogP contribution is -2.12. The van der Waals surface area contributed by atoms with Gasteiger partial charge in [-0.3, -0.25) is 4.79 Å². The van der Waals surface area contributed by atoms with Gasteiger partial charge in [0.25, 0.3) is 5.91 Å². The third-order valence-electron chi connectivity index (χ3n) is 2.62. The van der Waals surface area contributed by atoms with Crippen LogP contribution in [0.4, 0.5) is 11.4 Å². The van der Waals surface area contributed by atoms with Crippen molar-refractivity contribution in [3.63, 3.8) is 0 Å². The molecule has 0 bridgehead atoms. The Labute approximate surface area is 126 Å². The van der Waals surface area contributed by atoms with Crippen molar-refractivity contribution in [3.05, 3.63) is 52.0 Å². The van der Waals surface area contributed by atoms with Crippen LogP contribution in [0.1, 0.15) is 10.4 Å². The molecule has 0 aromatic heterocycles. The molecule has 104 valence electrons. The topological polar surface area (TPSA) is 64.3 Å². The zero-order chi connectivity index (χ0) is 14.7. The molecule has 0 spiro atoms. The maximum absolute atomic E-state index is 12.1. The number of carbonyl (C=O) groups is 1. The number of ether oxygens (including phenoxy) is 1. The molecule has 0 fully saturated rings. The van der Waals surface area contributed by atoms with Crippen LogP contribution in [-0.4, -0.2) is 13.0 Å². The number of rotatable bonds is 3. The first-order valence-electron chi connectivity index (χ1n) is 5.70. The smallest absolute Gasteiger partial charge is 0.255 e. The average Bonchev–Trinajstić information content (AvgIpc) is 2.37. The Kier molecular flexibility index (Phi) is 4.37. The first-order valence-corrected chi connectivity index (χ1v) is 6.46. The van der Waals surface area contributed by atoms with Gasteiger partial charge in [-0.05, 0) is 36.4 Å². The molecule has 0 radical (unpaired) electrons. The fourth-order valence-corrected chi connectivity index (χ4v) is 2.21. The van der Waals surface area contributed by atoms with Crippen LogP contribution in [0.15, 0.2) is 36.4 Å². The van der Waals surface area contributed by atoms with E-state index in [1.807, 2.05) is 0 Å². The molecule has 0 heterocycles. The standard InChI is InChI=1S/C14H12Cl2N2O2/c1-20-13-4-8(2-3-12(13)17)14(19)18-11-6-9(15)5-10(16)7-11/h2-7H,17H2,1H3,(H,18,19). The molecule has 4 nitrogen and oxygen atoms in total. The molecule has 0 saturated carbocycles. The summed E-state index contributed by atoms with van der Waals surface area (Å²) in [5.41, 5.74) is 7.11. The summed E-state index contributed by atoms with van der Waals surface area (Å²) < 4.78 is 5.08. The maximum atomic E-state index is 12.1. The van der Waals surface area contributed by atoms with Gasteiger partial charge in [0.2, 0.25) is 0 Å². The summed E-state index contributed by atoms with van der Waals surface area (Å²) in [6.45, 7) is 0. The first kappa shape index (κ1) is 14.5. The number of carbonyl (C=O) groups excluding carboxylic acids is 1. The fourth-order valence-electron chi connectivity index (χ4n) is 1.68. The maximum Gasteiger partial charge on any atom is 0.255 e. The third kappa shape index (κ3) is 3.35. The molecule has 2 aromatic rings. The summed E-state index contributed by atoms with van der Waals surface area (Å²) in [6.07, 6.45) is 0. The number of methoxy groups -OCH3 is 1. The van der Waals surface area contributed by atoms with Crippen LogP contribution < -0.4 is 15.8 Å². The van der Waals surface area contributed by atoms with E-state index in [0.717, 1.165) is 0 Å². The number of nitrogens with two attached hydrogens (primary N) is 1. The molecule has 20 heavy (non-hydrogen) atoms. The molecule has 0 saturated heterocycles. The van der Waals surface area contributed by atoms with E-state index in [-0.39, 0.29) is 5.91 Å². The summed E-state index contributed by atoms with van der Waals surface area (Å²) >= 11 is 11.8. The number of benzene rings is 2. The highest BCUT2D eigenvalue weighted by Gasteiger charge is 2.10. The predicted molar refractivity (Wildman–Crippen MR) is 81.8 cm³/mol. The molecule has 0 aliphatic rings. The summed E-state index contributed by atoms with van der Waals surface area (Å²) in [5.74, 6) is 0.142. The van der Waals surface area contributed by atoms with E-state index in [1.165, 1.54) is 7.11 Å². The van der Waals surface area contributed by atoms with E-state index in [4.69, 9.17) is 33.7 Å². The summed E-state index contributed by atoms with van der Waals surface area (Å²) in [5, 5.41) is 3.60. The molecule has 2 rings (SSSR count). The van der Waals surface area contributed by atoms with Crippen LogP contribution in [-0.2, 0) is 0 Å². The minimum absolute atomic E-state index is 0.304. The van der Waals surface area contributed by atoms with Crippen molar-refractivity contribution >= 4 is 40.5 Å². The van der Waals surface area contributed by atoms with Crippen LogP contribution >= 0.6 is 23.2 Å². The number of anilines is 2. The Morgan fingerprint density at radius 1 is 1.15 bits per heavy atom. The number of halogens is 2. The summed E-state index contributed by atoms with van der Waals surface area (Å²) in [6, 6.07) is 9.60. The normalized spacial score (nSPS) is 10.2. The van der Waals surface area contributed by atoms with Crippen molar-refractivity contribution in [3.8, 4) is 5.75 Å². The highest BCUT2D eigenvalue weighted by atomic mass is 35.5. The van der Waals surface area contributed by atoms with E-state index in [1.54, 1.807) is 36.4 Å². The molecular weight excluding hydrogens is 299 g/mol. The average molecular weight is 311 g/mol. The number of nitrogen functional groups attached to an aromatic ring is 1. The lowest BCUT2D eigenvalue weighted by molar-refractivity contribution is 0.102. The molecule has 6 heteroatoms. The van der Waals surface area contributed by atoms with E-state index in [0.29, 0.717) is 32.7 Å². The van der Waals surface area contributed by atoms with Gasteiger partial charge in [0, 0.05) is 21.3 Å². The van der Waals surface area contributed by atoms with Crippen LogP contribution in [0.3, 0.4) is 0 Å². The SMILES string of the molecule is COc1cc(C(=O)Nc2cc(Cl)cc(Cl)c2)ccc1N. The second-order valence-electron chi connectivity index (χ2n) is 4.07. The van der Waals surface area contributed by atoms with Crippen LogP contribution in [0.2, 0.25) is 10.0 Å². The Hall–Kier alpha value is -1.91. The van der Waals surface area contributed by atoms with Crippen molar-refractivity contribution in [2.75, 3.05) is 18.2 Å². The van der Waals surface area contributed by atoms with Gasteiger partial charge >= 0.3 is 0 Å². The first-order chi connectivity index (χ1) is 9.49. The van der Waals surface area contributed by atoms with Crippen molar-refractivity contribution in [2.45, 2.75) is 0 Å². The van der Waals surface area contributed by atoms with Crippen molar-refractivity contribution in [1.29, 1.82) is 0 Å². The van der Waals surface area contributed by atoms with Gasteiger partial charge in [-0.25, -0.2) is 0 Å². The molecule has 3 N–H and O–H groups in total. The minimum Gasteiger partial charge on any atom is -0.495 e. The highest BCUT2D eigenvalue weighted by molar-refractivity contribution is 6.35. The van der Waals surface area contributed by atoms with Crippen LogP contribution in [0.25, 0.3) is 0 Å². The van der Waals surface area contributed by atoms with Crippen molar-refractivity contribution in [2.24, 2.45) is 0 Å². The van der Waals surface area contributed by atoms with Gasteiger partial charge < -0.3 is 15.8 Å². The highest BCUT2D eigenvalue weighted by Crippen LogP contribution is 2.25. The lowest BCUT2D eigenvalue weighted by Gasteiger charge is -2.09. The zero-order valence-electron chi connectivity index (χ0n) is 10.6. The molecule has 0 aliphatic heterocycles. The second-order valence-corrected chi connectivity index (χ2v) is 4.94. The number of hydrogen-bond donors (Lipinski definition) is 2. The predicted octanol–water partition coefficient (Wildman–Crippen LogP) is 3.84. The largest absolute Gasteiger partial charge is 0.495 e. The number of nitrogens with one attached hydrogen (secondary N) is 1.